The van der Waals surface area contributed by atoms with Gasteiger partial charge in [-0.05, 0) is 87.9 Å². The SMILES string of the molecule is O=C(Nc1ccc2c([O-])c(N=Nc3ccc(-c4ccc(N=Nc5c([O-])c(S(=O)(=O)[O-])cc6cc(S(=O)(=O)[O-])ccc56)c([O-])c4)cc3[O-])c(S(=O)(=O)[O-])cc2c1)c1ccccc1.[Cu+2].[Cu+2].[Na+].[Na+].[Na+]. The molecule has 2 radical (unpaired) electrons. The summed E-state index contributed by atoms with van der Waals surface area (Å²) in [6.07, 6.45) is 0. The van der Waals surface area contributed by atoms with Gasteiger partial charge in [0.15, 0.2) is 0 Å². The average Bonchev–Trinajstić information content (AvgIpc) is 3.19. The van der Waals surface area contributed by atoms with Crippen LogP contribution in [0.3, 0.4) is 0 Å². The molecule has 7 aromatic carbocycles. The van der Waals surface area contributed by atoms with Gasteiger partial charge in [0.2, 0.25) is 0 Å². The molecule has 19 nitrogen and oxygen atoms in total. The predicted octanol–water partition coefficient (Wildman–Crippen LogP) is -4.24. The normalized spacial score (nSPS) is 11.5. The van der Waals surface area contributed by atoms with Crippen LogP contribution in [0, 0.1) is 0 Å². The number of fused-ring (bicyclic) bond motifs is 2. The summed E-state index contributed by atoms with van der Waals surface area (Å²) in [4.78, 5) is 9.47. The second-order valence-electron chi connectivity index (χ2n) is 12.9. The number of carbonyl (C=O) groups excluding carboxylic acids is 1. The molecule has 0 unspecified atom stereocenters. The van der Waals surface area contributed by atoms with Crippen LogP contribution in [0.5, 0.6) is 23.0 Å². The fraction of sp³-hybridized carbons (Fsp3) is 0. The van der Waals surface area contributed by atoms with Crippen molar-refractivity contribution >= 4 is 86.2 Å². The van der Waals surface area contributed by atoms with Crippen LogP contribution >= 0.6 is 0 Å². The first kappa shape index (κ1) is 58.8. The first-order valence-corrected chi connectivity index (χ1v) is 21.2. The molecule has 7 rings (SSSR count). The summed E-state index contributed by atoms with van der Waals surface area (Å²) < 4.78 is 107. The molecule has 0 saturated carbocycles. The first-order chi connectivity index (χ1) is 28.7. The number of anilines is 1. The van der Waals surface area contributed by atoms with Gasteiger partial charge in [0, 0.05) is 21.5 Å². The van der Waals surface area contributed by atoms with E-state index in [4.69, 9.17) is 0 Å². The van der Waals surface area contributed by atoms with Crippen molar-refractivity contribution in [2.75, 3.05) is 5.32 Å². The molecule has 1 N–H and O–H groups in total. The van der Waals surface area contributed by atoms with Crippen LogP contribution in [-0.2, 0) is 64.5 Å². The maximum absolute atomic E-state index is 13.4. The average molecular weight is 1070 g/mol. The van der Waals surface area contributed by atoms with Gasteiger partial charge < -0.3 is 39.4 Å². The zero-order valence-corrected chi connectivity index (χ0v) is 44.1. The Morgan fingerprint density at radius 2 is 0.985 bits per heavy atom. The maximum atomic E-state index is 13.4. The molecule has 0 fully saturated rings. The monoisotopic (exact) mass is 1070 g/mol. The summed E-state index contributed by atoms with van der Waals surface area (Å²) in [5, 5.41) is 69.3. The molecule has 0 saturated heterocycles. The molecule has 0 bridgehead atoms. The standard InChI is InChI=1S/C39H27N5O14S3.2Cu.3Na/c45-31-16-21(6-12-29(31)41-43-35-27-11-9-26(59(50,51)52)15-24(27)19-34(38(35)48)61(56,57)58)22-7-13-30(32(46)17-22)42-44-36-33(60(53,54)55)18-23-14-25(8-10-28(23)37(36)47)40-39(49)20-4-2-1-3-5-20;;;;;/h1-19,45-48H,(H,40,49)(H,50,51,52)(H,53,54,55)(H,56,57,58);;;;;/q;2*+2;3*+1/p-7. The Hall–Kier alpha value is -3.30. The van der Waals surface area contributed by atoms with Crippen molar-refractivity contribution < 1.29 is 187 Å². The van der Waals surface area contributed by atoms with E-state index in [9.17, 15) is 64.1 Å². The summed E-state index contributed by atoms with van der Waals surface area (Å²) in [5.41, 5.74) is -1.59. The van der Waals surface area contributed by atoms with E-state index in [1.165, 1.54) is 30.3 Å². The van der Waals surface area contributed by atoms with E-state index in [2.05, 4.69) is 25.8 Å². The zero-order valence-electron chi connectivity index (χ0n) is 33.8. The third-order valence-electron chi connectivity index (χ3n) is 8.92. The molecule has 7 aromatic rings. The van der Waals surface area contributed by atoms with Gasteiger partial charge in [0.1, 0.15) is 30.4 Å². The quantitative estimate of drug-likeness (QED) is 0.0771. The fourth-order valence-corrected chi connectivity index (χ4v) is 7.76. The summed E-state index contributed by atoms with van der Waals surface area (Å²) in [5.74, 6) is -4.54. The van der Waals surface area contributed by atoms with Crippen LogP contribution in [0.25, 0.3) is 32.7 Å². The van der Waals surface area contributed by atoms with E-state index in [0.29, 0.717) is 11.6 Å². The van der Waals surface area contributed by atoms with Crippen molar-refractivity contribution in [2.45, 2.75) is 14.7 Å². The zero-order chi connectivity index (χ0) is 44.0. The topological polar surface area (TPSA) is 342 Å². The van der Waals surface area contributed by atoms with Crippen molar-refractivity contribution in [3.8, 4) is 34.1 Å². The predicted molar refractivity (Wildman–Crippen MR) is 204 cm³/mol. The molecule has 0 atom stereocenters. The minimum atomic E-state index is -5.43. The molecular weight excluding hydrogens is 1050 g/mol. The Morgan fingerprint density at radius 1 is 0.485 bits per heavy atom. The van der Waals surface area contributed by atoms with E-state index in [0.717, 1.165) is 48.5 Å². The number of benzene rings is 7. The first-order valence-electron chi connectivity index (χ1n) is 16.9. The number of azo groups is 2. The Balaban J connectivity index is 0.00000299. The molecule has 0 aliphatic rings. The Morgan fingerprint density at radius 3 is 1.50 bits per heavy atom. The number of amides is 1. The molecule has 1 amide bonds. The number of hydrogen-bond donors (Lipinski definition) is 1. The van der Waals surface area contributed by atoms with E-state index >= 15 is 0 Å². The van der Waals surface area contributed by atoms with Crippen molar-refractivity contribution in [1.29, 1.82) is 0 Å². The molecule has 0 aliphatic carbocycles. The van der Waals surface area contributed by atoms with Crippen LogP contribution in [0.1, 0.15) is 10.4 Å². The number of carbonyl (C=O) groups is 1. The van der Waals surface area contributed by atoms with Gasteiger partial charge in [-0.25, -0.2) is 25.3 Å². The second kappa shape index (κ2) is 23.3. The van der Waals surface area contributed by atoms with Gasteiger partial charge in [-0.1, -0.05) is 77.6 Å². The Bertz CT molecular complexity index is 3410. The summed E-state index contributed by atoms with van der Waals surface area (Å²) in [6.45, 7) is 0. The molecule has 0 spiro atoms. The van der Waals surface area contributed by atoms with E-state index in [1.807, 2.05) is 0 Å². The molecule has 0 aromatic heterocycles. The van der Waals surface area contributed by atoms with Crippen molar-refractivity contribution in [1.82, 2.24) is 0 Å². The third kappa shape index (κ3) is 13.1. The van der Waals surface area contributed by atoms with Crippen molar-refractivity contribution in [2.24, 2.45) is 20.5 Å². The van der Waals surface area contributed by atoms with Crippen LogP contribution in [0.4, 0.5) is 28.4 Å². The van der Waals surface area contributed by atoms with Crippen LogP contribution in [-0.4, -0.2) is 44.8 Å². The summed E-state index contributed by atoms with van der Waals surface area (Å²) in [6, 6.07) is 23.1. The smallest absolute Gasteiger partial charge is 0.871 e. The van der Waals surface area contributed by atoms with Gasteiger partial charge in [0.05, 0.1) is 32.5 Å². The summed E-state index contributed by atoms with van der Waals surface area (Å²) in [7, 11) is -15.8. The minimum absolute atomic E-state index is 0. The van der Waals surface area contributed by atoms with Crippen LogP contribution in [0.2, 0.25) is 0 Å². The van der Waals surface area contributed by atoms with Crippen molar-refractivity contribution in [3.05, 3.63) is 121 Å². The van der Waals surface area contributed by atoms with Gasteiger partial charge in [0.25, 0.3) is 5.91 Å². The number of nitrogens with one attached hydrogen (secondary N) is 1. The maximum Gasteiger partial charge on any atom is 2.00 e. The van der Waals surface area contributed by atoms with E-state index in [-0.39, 0.29) is 161 Å². The van der Waals surface area contributed by atoms with Crippen LogP contribution < -0.4 is 114 Å². The number of rotatable bonds is 10. The molecule has 66 heavy (non-hydrogen) atoms. The molecule has 27 heteroatoms. The van der Waals surface area contributed by atoms with Gasteiger partial charge in [-0.3, -0.25) is 4.79 Å². The van der Waals surface area contributed by atoms with Gasteiger partial charge >= 0.3 is 123 Å². The minimum Gasteiger partial charge on any atom is -0.871 e. The largest absolute Gasteiger partial charge is 2.00 e. The third-order valence-corrected chi connectivity index (χ3v) is 11.4. The number of nitrogens with zero attached hydrogens (tertiary/aromatic N) is 4. The van der Waals surface area contributed by atoms with Gasteiger partial charge in [-0.2, -0.15) is 15.3 Å². The summed E-state index contributed by atoms with van der Waals surface area (Å²) >= 11 is 0. The Kier molecular flexibility index (Phi) is 20.8. The Labute approximate surface area is 462 Å². The van der Waals surface area contributed by atoms with Crippen molar-refractivity contribution in [3.63, 3.8) is 0 Å². The molecular formula is C39H20Cu2N5Na3O14S3. The van der Waals surface area contributed by atoms with E-state index < -0.39 is 96.7 Å². The van der Waals surface area contributed by atoms with E-state index in [1.54, 1.807) is 30.3 Å². The second-order valence-corrected chi connectivity index (χ2v) is 16.9. The molecule has 0 heterocycles. The fourth-order valence-electron chi connectivity index (χ4n) is 6.02. The number of hydrogen-bond acceptors (Lipinski definition) is 18. The molecule has 0 aliphatic heterocycles. The van der Waals surface area contributed by atoms with Crippen LogP contribution in [0.15, 0.2) is 150 Å². The van der Waals surface area contributed by atoms with Gasteiger partial charge in [-0.15, -0.1) is 5.11 Å². The molecule has 328 valence electrons.